The molecule has 0 saturated heterocycles. The van der Waals surface area contributed by atoms with E-state index in [9.17, 15) is 0 Å². The van der Waals surface area contributed by atoms with Gasteiger partial charge in [0.1, 0.15) is 0 Å². The van der Waals surface area contributed by atoms with E-state index in [1.807, 2.05) is 36.0 Å². The maximum Gasteiger partial charge on any atom is 0.0669 e. The number of halogens is 1. The third-order valence-electron chi connectivity index (χ3n) is 2.42. The predicted molar refractivity (Wildman–Crippen MR) is 58.7 cm³/mol. The highest BCUT2D eigenvalue weighted by atomic mass is 35.5. The number of aryl methyl sites for hydroxylation is 1. The molecule has 1 aromatic carbocycles. The molecule has 0 spiro atoms. The summed E-state index contributed by atoms with van der Waals surface area (Å²) in [6.45, 7) is 0.172. The molecule has 14 heavy (non-hydrogen) atoms. The van der Waals surface area contributed by atoms with E-state index in [0.29, 0.717) is 6.42 Å². The highest BCUT2D eigenvalue weighted by Gasteiger charge is 2.07. The number of nitrogens with zero attached hydrogens (tertiary/aromatic N) is 1. The molecule has 2 nitrogen and oxygen atoms in total. The molecule has 0 saturated carbocycles. The van der Waals surface area contributed by atoms with Crippen molar-refractivity contribution in [2.45, 2.75) is 6.42 Å². The second-order valence-corrected chi connectivity index (χ2v) is 3.78. The minimum Gasteiger partial charge on any atom is -0.396 e. The van der Waals surface area contributed by atoms with Gasteiger partial charge in [-0.1, -0.05) is 23.7 Å². The van der Waals surface area contributed by atoms with Gasteiger partial charge in [-0.2, -0.15) is 0 Å². The Morgan fingerprint density at radius 3 is 2.93 bits per heavy atom. The molecule has 0 unspecified atom stereocenters. The monoisotopic (exact) mass is 209 g/mol. The third-order valence-corrected chi connectivity index (χ3v) is 2.72. The average molecular weight is 210 g/mol. The number of benzene rings is 1. The molecule has 3 heteroatoms. The summed E-state index contributed by atoms with van der Waals surface area (Å²) < 4.78 is 2.00. The smallest absolute Gasteiger partial charge is 0.0669 e. The molecular weight excluding hydrogens is 198 g/mol. The van der Waals surface area contributed by atoms with Crippen LogP contribution in [0.3, 0.4) is 0 Å². The molecule has 1 N–H and O–H groups in total. The van der Waals surface area contributed by atoms with Crippen molar-refractivity contribution in [2.75, 3.05) is 6.61 Å². The Labute approximate surface area is 87.7 Å². The van der Waals surface area contributed by atoms with Crippen molar-refractivity contribution >= 4 is 22.5 Å². The van der Waals surface area contributed by atoms with Gasteiger partial charge < -0.3 is 9.67 Å². The lowest BCUT2D eigenvalue weighted by atomic mass is 10.1. The molecule has 0 aliphatic carbocycles. The Hall–Kier alpha value is -0.990. The van der Waals surface area contributed by atoms with Gasteiger partial charge in [0, 0.05) is 25.2 Å². The first-order valence-electron chi connectivity index (χ1n) is 4.57. The van der Waals surface area contributed by atoms with Gasteiger partial charge in [0.15, 0.2) is 0 Å². The summed E-state index contributed by atoms with van der Waals surface area (Å²) in [4.78, 5) is 0. The van der Waals surface area contributed by atoms with Gasteiger partial charge in [-0.05, 0) is 18.1 Å². The second-order valence-electron chi connectivity index (χ2n) is 3.37. The van der Waals surface area contributed by atoms with Crippen LogP contribution in [-0.4, -0.2) is 16.3 Å². The van der Waals surface area contributed by atoms with Crippen molar-refractivity contribution in [3.63, 3.8) is 0 Å². The van der Waals surface area contributed by atoms with Crippen LogP contribution in [-0.2, 0) is 13.5 Å². The van der Waals surface area contributed by atoms with E-state index in [-0.39, 0.29) is 6.61 Å². The molecule has 0 atom stereocenters. The van der Waals surface area contributed by atoms with E-state index in [1.165, 1.54) is 0 Å². The van der Waals surface area contributed by atoms with Crippen LogP contribution < -0.4 is 0 Å². The Balaban J connectivity index is 2.71. The molecule has 0 bridgehead atoms. The zero-order chi connectivity index (χ0) is 10.1. The van der Waals surface area contributed by atoms with Crippen LogP contribution in [0.15, 0.2) is 24.4 Å². The number of rotatable bonds is 2. The molecule has 0 aliphatic heterocycles. The van der Waals surface area contributed by atoms with Gasteiger partial charge in [-0.25, -0.2) is 0 Å². The fourth-order valence-electron chi connectivity index (χ4n) is 1.82. The number of fused-ring (bicyclic) bond motifs is 1. The van der Waals surface area contributed by atoms with Crippen molar-refractivity contribution in [3.05, 3.63) is 35.0 Å². The van der Waals surface area contributed by atoms with Crippen molar-refractivity contribution in [2.24, 2.45) is 7.05 Å². The van der Waals surface area contributed by atoms with Crippen LogP contribution in [0, 0.1) is 0 Å². The van der Waals surface area contributed by atoms with Crippen LogP contribution in [0.25, 0.3) is 10.9 Å². The van der Waals surface area contributed by atoms with Gasteiger partial charge in [0.05, 0.1) is 10.5 Å². The van der Waals surface area contributed by atoms with Crippen molar-refractivity contribution in [1.29, 1.82) is 0 Å². The van der Waals surface area contributed by atoms with E-state index in [2.05, 4.69) is 0 Å². The largest absolute Gasteiger partial charge is 0.396 e. The lowest BCUT2D eigenvalue weighted by Gasteiger charge is -1.98. The Bertz CT molecular complexity index is 462. The molecular formula is C11H12ClNO. The Morgan fingerprint density at radius 2 is 2.21 bits per heavy atom. The van der Waals surface area contributed by atoms with Crippen LogP contribution in [0.5, 0.6) is 0 Å². The normalized spacial score (nSPS) is 11.1. The number of hydrogen-bond acceptors (Lipinski definition) is 1. The molecule has 2 aromatic rings. The van der Waals surface area contributed by atoms with E-state index in [1.54, 1.807) is 0 Å². The summed E-state index contributed by atoms with van der Waals surface area (Å²) in [5, 5.41) is 10.8. The van der Waals surface area contributed by atoms with Crippen LogP contribution in [0.4, 0.5) is 0 Å². The maximum absolute atomic E-state index is 8.92. The molecule has 1 aromatic heterocycles. The quantitative estimate of drug-likeness (QED) is 0.807. The Morgan fingerprint density at radius 1 is 1.43 bits per heavy atom. The van der Waals surface area contributed by atoms with E-state index in [4.69, 9.17) is 16.7 Å². The molecule has 0 amide bonds. The molecule has 74 valence electrons. The van der Waals surface area contributed by atoms with E-state index >= 15 is 0 Å². The number of aromatic nitrogens is 1. The first-order valence-corrected chi connectivity index (χ1v) is 4.95. The summed E-state index contributed by atoms with van der Waals surface area (Å²) >= 11 is 6.09. The summed E-state index contributed by atoms with van der Waals surface area (Å²) in [6, 6.07) is 5.85. The summed E-state index contributed by atoms with van der Waals surface area (Å²) in [5.41, 5.74) is 2.19. The number of para-hydroxylation sites is 1. The fraction of sp³-hybridized carbons (Fsp3) is 0.273. The molecule has 2 rings (SSSR count). The molecule has 0 radical (unpaired) electrons. The lowest BCUT2D eigenvalue weighted by Crippen LogP contribution is -1.88. The van der Waals surface area contributed by atoms with Crippen molar-refractivity contribution < 1.29 is 5.11 Å². The highest BCUT2D eigenvalue weighted by Crippen LogP contribution is 2.27. The summed E-state index contributed by atoms with van der Waals surface area (Å²) in [7, 11) is 1.97. The topological polar surface area (TPSA) is 25.2 Å². The number of hydrogen-bond donors (Lipinski definition) is 1. The first kappa shape index (κ1) is 9.56. The minimum absolute atomic E-state index is 0.172. The van der Waals surface area contributed by atoms with E-state index < -0.39 is 0 Å². The summed E-state index contributed by atoms with van der Waals surface area (Å²) in [5.74, 6) is 0. The van der Waals surface area contributed by atoms with Crippen LogP contribution >= 0.6 is 11.6 Å². The van der Waals surface area contributed by atoms with Gasteiger partial charge in [-0.3, -0.25) is 0 Å². The second kappa shape index (κ2) is 3.64. The molecule has 0 fully saturated rings. The Kier molecular flexibility index (Phi) is 2.48. The van der Waals surface area contributed by atoms with Crippen LogP contribution in [0.2, 0.25) is 5.02 Å². The van der Waals surface area contributed by atoms with Gasteiger partial charge >= 0.3 is 0 Å². The van der Waals surface area contributed by atoms with Crippen molar-refractivity contribution in [1.82, 2.24) is 4.57 Å². The lowest BCUT2D eigenvalue weighted by molar-refractivity contribution is 0.300. The van der Waals surface area contributed by atoms with Crippen molar-refractivity contribution in [3.8, 4) is 0 Å². The third kappa shape index (κ3) is 1.41. The standard InChI is InChI=1S/C11H12ClNO/c1-13-7-8(5-6-14)9-3-2-4-10(12)11(9)13/h2-4,7,14H,5-6H2,1H3. The number of aliphatic hydroxyl groups excluding tert-OH is 1. The summed E-state index contributed by atoms with van der Waals surface area (Å²) in [6.07, 6.45) is 2.70. The van der Waals surface area contributed by atoms with Crippen LogP contribution in [0.1, 0.15) is 5.56 Å². The molecule has 1 heterocycles. The van der Waals surface area contributed by atoms with E-state index in [0.717, 1.165) is 21.5 Å². The highest BCUT2D eigenvalue weighted by molar-refractivity contribution is 6.35. The zero-order valence-electron chi connectivity index (χ0n) is 8.00. The fourth-order valence-corrected chi connectivity index (χ4v) is 2.13. The molecule has 0 aliphatic rings. The van der Waals surface area contributed by atoms with Gasteiger partial charge in [0.2, 0.25) is 0 Å². The minimum atomic E-state index is 0.172. The zero-order valence-corrected chi connectivity index (χ0v) is 8.75. The average Bonchev–Trinajstić information content (AvgIpc) is 2.46. The van der Waals surface area contributed by atoms with Gasteiger partial charge in [0.25, 0.3) is 0 Å². The predicted octanol–water partition coefficient (Wildman–Crippen LogP) is 2.37. The number of aliphatic hydroxyl groups is 1. The van der Waals surface area contributed by atoms with Gasteiger partial charge in [-0.15, -0.1) is 0 Å². The SMILES string of the molecule is Cn1cc(CCO)c2cccc(Cl)c21. The first-order chi connectivity index (χ1) is 6.74. The maximum atomic E-state index is 8.92.